The second-order valence-electron chi connectivity index (χ2n) is 10.3. The van der Waals surface area contributed by atoms with Gasteiger partial charge < -0.3 is 19.6 Å². The molecular formula is C30H32FN5O3. The van der Waals surface area contributed by atoms with E-state index in [1.807, 2.05) is 47.5 Å². The van der Waals surface area contributed by atoms with Crippen LogP contribution in [-0.4, -0.2) is 69.1 Å². The first-order valence-electron chi connectivity index (χ1n) is 13.6. The van der Waals surface area contributed by atoms with Crippen molar-refractivity contribution in [2.75, 3.05) is 31.1 Å². The molecule has 0 aliphatic carbocycles. The third-order valence-electron chi connectivity index (χ3n) is 7.58. The fourth-order valence-corrected chi connectivity index (χ4v) is 5.46. The number of anilines is 1. The zero-order chi connectivity index (χ0) is 26.8. The molecule has 0 radical (unpaired) electrons. The van der Waals surface area contributed by atoms with E-state index in [0.29, 0.717) is 56.7 Å². The second-order valence-corrected chi connectivity index (χ2v) is 10.3. The van der Waals surface area contributed by atoms with Crippen molar-refractivity contribution in [3.05, 3.63) is 83.9 Å². The highest BCUT2D eigenvalue weighted by Gasteiger charge is 2.27. The van der Waals surface area contributed by atoms with Gasteiger partial charge in [0, 0.05) is 67.8 Å². The van der Waals surface area contributed by atoms with Crippen molar-refractivity contribution in [1.82, 2.24) is 19.7 Å². The molecule has 0 bridgehead atoms. The molecule has 0 saturated carbocycles. The Morgan fingerprint density at radius 1 is 1.10 bits per heavy atom. The molecule has 39 heavy (non-hydrogen) atoms. The molecule has 202 valence electrons. The maximum Gasteiger partial charge on any atom is 0.254 e. The lowest BCUT2D eigenvalue weighted by Gasteiger charge is -2.33. The molecule has 9 heteroatoms. The Hall–Kier alpha value is -3.82. The van der Waals surface area contributed by atoms with Crippen molar-refractivity contribution in [3.8, 4) is 5.69 Å². The number of carbonyl (C=O) groups excluding carboxylic acids is 1. The lowest BCUT2D eigenvalue weighted by molar-refractivity contribution is 0.0507. The van der Waals surface area contributed by atoms with E-state index in [9.17, 15) is 14.3 Å². The zero-order valence-electron chi connectivity index (χ0n) is 21.7. The highest BCUT2D eigenvalue weighted by atomic mass is 19.1. The zero-order valence-corrected chi connectivity index (χ0v) is 21.7. The van der Waals surface area contributed by atoms with Gasteiger partial charge in [-0.1, -0.05) is 0 Å². The van der Waals surface area contributed by atoms with E-state index >= 15 is 0 Å². The molecule has 4 aromatic rings. The minimum absolute atomic E-state index is 0.0200. The Balaban J connectivity index is 1.34. The maximum atomic E-state index is 14.1. The Labute approximate surface area is 226 Å². The smallest absolute Gasteiger partial charge is 0.254 e. The van der Waals surface area contributed by atoms with Crippen molar-refractivity contribution >= 4 is 22.6 Å². The highest BCUT2D eigenvalue weighted by molar-refractivity contribution is 5.94. The van der Waals surface area contributed by atoms with Gasteiger partial charge in [-0.15, -0.1) is 0 Å². The molecule has 8 nitrogen and oxygen atoms in total. The predicted octanol–water partition coefficient (Wildman–Crippen LogP) is 4.34. The van der Waals surface area contributed by atoms with Crippen molar-refractivity contribution in [3.63, 3.8) is 0 Å². The van der Waals surface area contributed by atoms with Crippen LogP contribution in [0, 0.1) is 5.82 Å². The summed E-state index contributed by atoms with van der Waals surface area (Å²) < 4.78 is 21.7. The summed E-state index contributed by atoms with van der Waals surface area (Å²) in [5.41, 5.74) is 2.93. The monoisotopic (exact) mass is 529 g/mol. The van der Waals surface area contributed by atoms with E-state index < -0.39 is 0 Å². The summed E-state index contributed by atoms with van der Waals surface area (Å²) in [7, 11) is 0. The van der Waals surface area contributed by atoms with Crippen molar-refractivity contribution in [2.45, 2.75) is 44.4 Å². The number of piperidine rings is 1. The minimum atomic E-state index is -0.337. The maximum absolute atomic E-state index is 14.1. The Kier molecular flexibility index (Phi) is 7.26. The van der Waals surface area contributed by atoms with Crippen LogP contribution in [0.3, 0.4) is 0 Å². The molecule has 1 atom stereocenters. The van der Waals surface area contributed by atoms with E-state index in [4.69, 9.17) is 9.72 Å². The van der Waals surface area contributed by atoms with Gasteiger partial charge in [-0.05, 0) is 74.2 Å². The quantitative estimate of drug-likeness (QED) is 0.384. The average Bonchev–Trinajstić information content (AvgIpc) is 3.68. The number of carbonyl (C=O) groups is 1. The van der Waals surface area contributed by atoms with Crippen LogP contribution < -0.4 is 4.90 Å². The van der Waals surface area contributed by atoms with Crippen LogP contribution in [0.25, 0.3) is 16.6 Å². The number of amides is 1. The number of fused-ring (bicyclic) bond motifs is 1. The van der Waals surface area contributed by atoms with Gasteiger partial charge in [-0.2, -0.15) is 5.10 Å². The number of aromatic nitrogens is 3. The summed E-state index contributed by atoms with van der Waals surface area (Å²) in [6.07, 6.45) is 6.41. The fourth-order valence-electron chi connectivity index (χ4n) is 5.46. The standard InChI is InChI=1S/C30H32FN5O3/c31-24-7-4-22-17-23(29(33-28(22)18-24)34-14-10-26(37)11-15-34)19-35(20-27-3-1-16-39-27)30(38)21-5-8-25(9-6-21)36-13-2-12-32-36/h2,4-9,12-13,17-18,26-27,37H,1,3,10-11,14-16,19-20H2. The molecule has 4 heterocycles. The lowest BCUT2D eigenvalue weighted by Crippen LogP contribution is -2.39. The molecule has 6 rings (SSSR count). The van der Waals surface area contributed by atoms with E-state index in [1.54, 1.807) is 16.9 Å². The van der Waals surface area contributed by atoms with Crippen molar-refractivity contribution in [2.24, 2.45) is 0 Å². The van der Waals surface area contributed by atoms with Gasteiger partial charge in [0.1, 0.15) is 11.6 Å². The summed E-state index contributed by atoms with van der Waals surface area (Å²) >= 11 is 0. The molecule has 2 aliphatic heterocycles. The average molecular weight is 530 g/mol. The van der Waals surface area contributed by atoms with Gasteiger partial charge in [0.15, 0.2) is 0 Å². The van der Waals surface area contributed by atoms with E-state index in [1.165, 1.54) is 12.1 Å². The summed E-state index contributed by atoms with van der Waals surface area (Å²) in [5, 5.41) is 15.1. The van der Waals surface area contributed by atoms with Crippen LogP contribution in [0.5, 0.6) is 0 Å². The molecule has 1 unspecified atom stereocenters. The van der Waals surface area contributed by atoms with Crippen LogP contribution >= 0.6 is 0 Å². The first-order chi connectivity index (χ1) is 19.0. The van der Waals surface area contributed by atoms with Crippen molar-refractivity contribution in [1.29, 1.82) is 0 Å². The van der Waals surface area contributed by atoms with Gasteiger partial charge in [-0.25, -0.2) is 14.1 Å². The third kappa shape index (κ3) is 5.65. The lowest BCUT2D eigenvalue weighted by atomic mass is 10.0. The highest BCUT2D eigenvalue weighted by Crippen LogP contribution is 2.29. The van der Waals surface area contributed by atoms with Gasteiger partial charge in [0.05, 0.1) is 23.4 Å². The summed E-state index contributed by atoms with van der Waals surface area (Å²) in [6.45, 7) is 2.82. The number of nitrogens with zero attached hydrogens (tertiary/aromatic N) is 5. The van der Waals surface area contributed by atoms with Crippen LogP contribution in [0.1, 0.15) is 41.6 Å². The molecule has 2 saturated heterocycles. The number of aliphatic hydroxyl groups excluding tert-OH is 1. The number of hydrogen-bond donors (Lipinski definition) is 1. The van der Waals surface area contributed by atoms with Gasteiger partial charge in [0.25, 0.3) is 5.91 Å². The fraction of sp³-hybridized carbons (Fsp3) is 0.367. The van der Waals surface area contributed by atoms with Gasteiger partial charge >= 0.3 is 0 Å². The van der Waals surface area contributed by atoms with Crippen LogP contribution in [-0.2, 0) is 11.3 Å². The van der Waals surface area contributed by atoms with Crippen LogP contribution in [0.2, 0.25) is 0 Å². The number of pyridine rings is 1. The number of rotatable bonds is 7. The van der Waals surface area contributed by atoms with E-state index in [2.05, 4.69) is 10.00 Å². The summed E-state index contributed by atoms with van der Waals surface area (Å²) in [5.74, 6) is 0.312. The third-order valence-corrected chi connectivity index (χ3v) is 7.58. The Morgan fingerprint density at radius 3 is 2.64 bits per heavy atom. The summed E-state index contributed by atoms with van der Waals surface area (Å²) in [6, 6.07) is 15.9. The number of benzene rings is 2. The van der Waals surface area contributed by atoms with Crippen LogP contribution in [0.4, 0.5) is 10.2 Å². The predicted molar refractivity (Wildman–Crippen MR) is 146 cm³/mol. The van der Waals surface area contributed by atoms with Crippen molar-refractivity contribution < 1.29 is 19.0 Å². The normalized spacial score (nSPS) is 18.1. The number of ether oxygens (including phenoxy) is 1. The SMILES string of the molecule is O=C(c1ccc(-n2cccn2)cc1)N(Cc1cc2ccc(F)cc2nc1N1CCC(O)CC1)CC1CCCO1. The van der Waals surface area contributed by atoms with Gasteiger partial charge in [0.2, 0.25) is 0 Å². The number of halogens is 1. The molecular weight excluding hydrogens is 497 g/mol. The molecule has 2 aromatic carbocycles. The molecule has 0 spiro atoms. The topological polar surface area (TPSA) is 83.7 Å². The van der Waals surface area contributed by atoms with E-state index in [-0.39, 0.29) is 23.9 Å². The number of aliphatic hydroxyl groups is 1. The largest absolute Gasteiger partial charge is 0.393 e. The molecule has 1 N–H and O–H groups in total. The van der Waals surface area contributed by atoms with E-state index in [0.717, 1.165) is 35.3 Å². The minimum Gasteiger partial charge on any atom is -0.393 e. The number of hydrogen-bond acceptors (Lipinski definition) is 6. The second kappa shape index (κ2) is 11.1. The molecule has 2 aromatic heterocycles. The summed E-state index contributed by atoms with van der Waals surface area (Å²) in [4.78, 5) is 22.8. The molecule has 2 fully saturated rings. The first-order valence-corrected chi connectivity index (χ1v) is 13.6. The first kappa shape index (κ1) is 25.5. The van der Waals surface area contributed by atoms with Gasteiger partial charge in [-0.3, -0.25) is 4.79 Å². The molecule has 1 amide bonds. The Bertz CT molecular complexity index is 1430. The molecule has 2 aliphatic rings. The Morgan fingerprint density at radius 2 is 1.92 bits per heavy atom. The van der Waals surface area contributed by atoms with Crippen LogP contribution in [0.15, 0.2) is 67.0 Å².